The van der Waals surface area contributed by atoms with Crippen molar-refractivity contribution in [1.82, 2.24) is 9.88 Å². The van der Waals surface area contributed by atoms with Gasteiger partial charge in [0.25, 0.3) is 0 Å². The van der Waals surface area contributed by atoms with Crippen LogP contribution in [0.15, 0.2) is 16.5 Å². The number of hydrogen-bond donors (Lipinski definition) is 1. The van der Waals surface area contributed by atoms with Crippen LogP contribution >= 0.6 is 0 Å². The number of aryl methyl sites for hydroxylation is 1. The fourth-order valence-electron chi connectivity index (χ4n) is 3.40. The Bertz CT molecular complexity index is 863. The average Bonchev–Trinajstić information content (AvgIpc) is 3.01. The van der Waals surface area contributed by atoms with E-state index in [0.29, 0.717) is 31.5 Å². The van der Waals surface area contributed by atoms with Crippen LogP contribution in [-0.4, -0.2) is 22.3 Å². The Morgan fingerprint density at radius 2 is 2.28 bits per heavy atom. The van der Waals surface area contributed by atoms with Gasteiger partial charge in [0.1, 0.15) is 23.4 Å². The summed E-state index contributed by atoms with van der Waals surface area (Å²) in [6.45, 7) is 6.65. The van der Waals surface area contributed by atoms with E-state index in [0.717, 1.165) is 28.3 Å². The summed E-state index contributed by atoms with van der Waals surface area (Å²) in [4.78, 5) is 18.0. The van der Waals surface area contributed by atoms with Gasteiger partial charge in [-0.05, 0) is 36.6 Å². The highest BCUT2D eigenvalue weighted by molar-refractivity contribution is 5.74. The largest absolute Gasteiger partial charge is 0.466 e. The minimum atomic E-state index is 0.0293. The molecule has 1 atom stereocenters. The first-order valence-electron chi connectivity index (χ1n) is 8.42. The number of furan rings is 1. The van der Waals surface area contributed by atoms with Crippen molar-refractivity contribution < 1.29 is 9.21 Å². The number of carbonyl (C=O) groups is 1. The van der Waals surface area contributed by atoms with Gasteiger partial charge >= 0.3 is 0 Å². The third-order valence-corrected chi connectivity index (χ3v) is 4.81. The molecule has 2 aromatic rings. The standard InChI is InChI=1S/C19H22N4O2/c1-11(18-5-4-12(2)25-18)8-14-15(9-20)19(21)22-17-6-7-23(13(3)24)10-16(14)17/h4-5,11H,6-8,10H2,1-3H3,(H2,21,22). The van der Waals surface area contributed by atoms with Crippen LogP contribution in [0.3, 0.4) is 0 Å². The zero-order valence-corrected chi connectivity index (χ0v) is 14.8. The summed E-state index contributed by atoms with van der Waals surface area (Å²) in [6.07, 6.45) is 1.28. The summed E-state index contributed by atoms with van der Waals surface area (Å²) in [5, 5.41) is 9.59. The molecule has 0 bridgehead atoms. The number of pyridine rings is 1. The monoisotopic (exact) mass is 338 g/mol. The molecule has 0 saturated carbocycles. The fraction of sp³-hybridized carbons (Fsp3) is 0.421. The lowest BCUT2D eigenvalue weighted by molar-refractivity contribution is -0.129. The first-order chi connectivity index (χ1) is 11.9. The van der Waals surface area contributed by atoms with Crippen LogP contribution in [0.4, 0.5) is 5.82 Å². The number of aromatic nitrogens is 1. The van der Waals surface area contributed by atoms with Crippen LogP contribution in [0, 0.1) is 18.3 Å². The second-order valence-electron chi connectivity index (χ2n) is 6.63. The van der Waals surface area contributed by atoms with Crippen LogP contribution in [0.1, 0.15) is 53.7 Å². The number of anilines is 1. The molecule has 0 aliphatic carbocycles. The van der Waals surface area contributed by atoms with Crippen molar-refractivity contribution in [1.29, 1.82) is 5.26 Å². The highest BCUT2D eigenvalue weighted by Gasteiger charge is 2.27. The molecule has 25 heavy (non-hydrogen) atoms. The highest BCUT2D eigenvalue weighted by atomic mass is 16.3. The van der Waals surface area contributed by atoms with Gasteiger partial charge in [0, 0.05) is 38.0 Å². The normalized spacial score (nSPS) is 14.7. The average molecular weight is 338 g/mol. The van der Waals surface area contributed by atoms with Gasteiger partial charge in [-0.15, -0.1) is 0 Å². The number of nitrogens with zero attached hydrogens (tertiary/aromatic N) is 3. The van der Waals surface area contributed by atoms with E-state index in [4.69, 9.17) is 10.2 Å². The zero-order valence-electron chi connectivity index (χ0n) is 14.8. The molecule has 3 rings (SSSR count). The van der Waals surface area contributed by atoms with Gasteiger partial charge in [-0.25, -0.2) is 4.98 Å². The van der Waals surface area contributed by atoms with E-state index in [1.54, 1.807) is 11.8 Å². The highest BCUT2D eigenvalue weighted by Crippen LogP contribution is 2.32. The van der Waals surface area contributed by atoms with Crippen LogP contribution < -0.4 is 5.73 Å². The van der Waals surface area contributed by atoms with Gasteiger partial charge in [0.05, 0.1) is 5.56 Å². The molecule has 0 radical (unpaired) electrons. The molecule has 0 spiro atoms. The molecule has 0 fully saturated rings. The second kappa shape index (κ2) is 6.60. The molecule has 130 valence electrons. The van der Waals surface area contributed by atoms with E-state index in [1.165, 1.54) is 0 Å². The maximum absolute atomic E-state index is 11.8. The van der Waals surface area contributed by atoms with Gasteiger partial charge in [-0.1, -0.05) is 6.92 Å². The molecule has 0 aromatic carbocycles. The molecule has 3 heterocycles. The van der Waals surface area contributed by atoms with Crippen LogP contribution in [-0.2, 0) is 24.2 Å². The fourth-order valence-corrected chi connectivity index (χ4v) is 3.40. The molecular weight excluding hydrogens is 316 g/mol. The lowest BCUT2D eigenvalue weighted by Gasteiger charge is -2.30. The number of fused-ring (bicyclic) bond motifs is 1. The Kier molecular flexibility index (Phi) is 4.49. The number of nitrogens with two attached hydrogens (primary N) is 1. The summed E-state index contributed by atoms with van der Waals surface area (Å²) < 4.78 is 5.73. The van der Waals surface area contributed by atoms with Crippen LogP contribution in [0.2, 0.25) is 0 Å². The molecule has 1 unspecified atom stereocenters. The van der Waals surface area contributed by atoms with E-state index in [9.17, 15) is 10.1 Å². The smallest absolute Gasteiger partial charge is 0.219 e. The molecule has 1 aliphatic heterocycles. The summed E-state index contributed by atoms with van der Waals surface area (Å²) >= 11 is 0. The number of amides is 1. The Labute approximate surface area is 147 Å². The van der Waals surface area contributed by atoms with Crippen molar-refractivity contribution in [2.75, 3.05) is 12.3 Å². The number of rotatable bonds is 3. The predicted octanol–water partition coefficient (Wildman–Crippen LogP) is 2.69. The first kappa shape index (κ1) is 17.0. The molecule has 1 amide bonds. The van der Waals surface area contributed by atoms with Crippen molar-refractivity contribution in [3.8, 4) is 6.07 Å². The van der Waals surface area contributed by atoms with E-state index in [1.807, 2.05) is 19.1 Å². The maximum atomic E-state index is 11.8. The van der Waals surface area contributed by atoms with Gasteiger partial charge in [-0.2, -0.15) is 5.26 Å². The quantitative estimate of drug-likeness (QED) is 0.928. The molecule has 6 nitrogen and oxygen atoms in total. The Morgan fingerprint density at radius 1 is 1.52 bits per heavy atom. The van der Waals surface area contributed by atoms with Gasteiger partial charge in [-0.3, -0.25) is 4.79 Å². The third-order valence-electron chi connectivity index (χ3n) is 4.81. The van der Waals surface area contributed by atoms with Crippen LogP contribution in [0.5, 0.6) is 0 Å². The predicted molar refractivity (Wildman–Crippen MR) is 93.7 cm³/mol. The molecular formula is C19H22N4O2. The van der Waals surface area contributed by atoms with Gasteiger partial charge in [0.2, 0.25) is 5.91 Å². The van der Waals surface area contributed by atoms with E-state index in [2.05, 4.69) is 18.0 Å². The minimum absolute atomic E-state index is 0.0293. The summed E-state index contributed by atoms with van der Waals surface area (Å²) in [5.74, 6) is 2.14. The van der Waals surface area contributed by atoms with Crippen molar-refractivity contribution >= 4 is 11.7 Å². The molecule has 6 heteroatoms. The zero-order chi connectivity index (χ0) is 18.1. The van der Waals surface area contributed by atoms with Gasteiger partial charge in [0.15, 0.2) is 0 Å². The SMILES string of the molecule is CC(=O)N1CCc2nc(N)c(C#N)c(CC(C)c3ccc(C)o3)c2C1. The summed E-state index contributed by atoms with van der Waals surface area (Å²) in [7, 11) is 0. The van der Waals surface area contributed by atoms with Crippen molar-refractivity contribution in [2.24, 2.45) is 0 Å². The number of nitrogen functional groups attached to an aromatic ring is 1. The number of carbonyl (C=O) groups excluding carboxylic acids is 1. The minimum Gasteiger partial charge on any atom is -0.466 e. The Balaban J connectivity index is 2.03. The lowest BCUT2D eigenvalue weighted by Crippen LogP contribution is -2.35. The topological polar surface area (TPSA) is 96.1 Å². The molecule has 0 saturated heterocycles. The van der Waals surface area contributed by atoms with Crippen LogP contribution in [0.25, 0.3) is 0 Å². The molecule has 1 aliphatic rings. The van der Waals surface area contributed by atoms with E-state index < -0.39 is 0 Å². The molecule has 2 N–H and O–H groups in total. The number of nitriles is 1. The first-order valence-corrected chi connectivity index (χ1v) is 8.42. The van der Waals surface area contributed by atoms with Crippen molar-refractivity contribution in [3.63, 3.8) is 0 Å². The van der Waals surface area contributed by atoms with E-state index >= 15 is 0 Å². The van der Waals surface area contributed by atoms with Crippen molar-refractivity contribution in [2.45, 2.75) is 46.1 Å². The Hall–Kier alpha value is -2.81. The summed E-state index contributed by atoms with van der Waals surface area (Å²) in [5.41, 5.74) is 9.19. The Morgan fingerprint density at radius 3 is 2.88 bits per heavy atom. The second-order valence-corrected chi connectivity index (χ2v) is 6.63. The number of hydrogen-bond acceptors (Lipinski definition) is 5. The third kappa shape index (κ3) is 3.22. The van der Waals surface area contributed by atoms with Gasteiger partial charge < -0.3 is 15.1 Å². The maximum Gasteiger partial charge on any atom is 0.219 e. The molecule has 2 aromatic heterocycles. The summed E-state index contributed by atoms with van der Waals surface area (Å²) in [6, 6.07) is 6.10. The van der Waals surface area contributed by atoms with Crippen molar-refractivity contribution in [3.05, 3.63) is 46.0 Å². The lowest BCUT2D eigenvalue weighted by atomic mass is 9.89. The van der Waals surface area contributed by atoms with E-state index in [-0.39, 0.29) is 17.6 Å².